The van der Waals surface area contributed by atoms with Gasteiger partial charge in [-0.2, -0.15) is 0 Å². The van der Waals surface area contributed by atoms with Crippen LogP contribution in [0.25, 0.3) is 0 Å². The zero-order valence-corrected chi connectivity index (χ0v) is 13.5. The molecule has 25 heavy (non-hydrogen) atoms. The highest BCUT2D eigenvalue weighted by molar-refractivity contribution is 5.93. The van der Waals surface area contributed by atoms with Crippen molar-refractivity contribution in [3.8, 4) is 0 Å². The molecule has 1 amide bonds. The number of carbonyl (C=O) groups excluding carboxylic acids is 1. The molecule has 0 aliphatic heterocycles. The van der Waals surface area contributed by atoms with Crippen LogP contribution in [-0.2, 0) is 0 Å². The van der Waals surface area contributed by atoms with E-state index in [0.717, 1.165) is 5.69 Å². The standard InChI is InChI=1S/C17H17N7O/c1-24(12-7-3-2-4-8-12)16-14(18)15(20-11-21-16)22-23-17(25)13-9-5-6-10-19-13/h2-11H,18H2,1H3,(H,23,25)(H,20,21,22). The highest BCUT2D eigenvalue weighted by Gasteiger charge is 2.14. The number of hydrogen-bond donors (Lipinski definition) is 3. The third-order valence-electron chi connectivity index (χ3n) is 3.52. The summed E-state index contributed by atoms with van der Waals surface area (Å²) in [4.78, 5) is 26.1. The second-order valence-corrected chi connectivity index (χ2v) is 5.15. The van der Waals surface area contributed by atoms with Gasteiger partial charge in [0.1, 0.15) is 17.7 Å². The number of pyridine rings is 1. The van der Waals surface area contributed by atoms with Crippen molar-refractivity contribution in [2.24, 2.45) is 0 Å². The van der Waals surface area contributed by atoms with Gasteiger partial charge in [0, 0.05) is 18.9 Å². The van der Waals surface area contributed by atoms with E-state index in [1.165, 1.54) is 6.33 Å². The average Bonchev–Trinajstić information content (AvgIpc) is 2.68. The molecule has 3 aromatic rings. The summed E-state index contributed by atoms with van der Waals surface area (Å²) in [7, 11) is 1.85. The maximum absolute atomic E-state index is 12.0. The Balaban J connectivity index is 1.76. The van der Waals surface area contributed by atoms with Gasteiger partial charge in [-0.05, 0) is 24.3 Å². The summed E-state index contributed by atoms with van der Waals surface area (Å²) in [5, 5.41) is 0. The van der Waals surface area contributed by atoms with E-state index in [0.29, 0.717) is 17.3 Å². The number of aromatic nitrogens is 3. The Kier molecular flexibility index (Phi) is 4.70. The van der Waals surface area contributed by atoms with Crippen molar-refractivity contribution >= 4 is 28.9 Å². The molecule has 2 heterocycles. The summed E-state index contributed by atoms with van der Waals surface area (Å²) in [6.45, 7) is 0. The molecule has 0 aliphatic rings. The first-order valence-corrected chi connectivity index (χ1v) is 7.53. The molecule has 0 radical (unpaired) electrons. The molecule has 8 heteroatoms. The zero-order valence-electron chi connectivity index (χ0n) is 13.5. The lowest BCUT2D eigenvalue weighted by molar-refractivity contribution is 0.0957. The van der Waals surface area contributed by atoms with Crippen molar-refractivity contribution in [1.82, 2.24) is 20.4 Å². The van der Waals surface area contributed by atoms with Crippen molar-refractivity contribution < 1.29 is 4.79 Å². The zero-order chi connectivity index (χ0) is 17.6. The molecule has 3 rings (SSSR count). The fraction of sp³-hybridized carbons (Fsp3) is 0.0588. The van der Waals surface area contributed by atoms with Crippen LogP contribution >= 0.6 is 0 Å². The van der Waals surface area contributed by atoms with Crippen LogP contribution in [0.1, 0.15) is 10.5 Å². The van der Waals surface area contributed by atoms with Crippen LogP contribution in [0.15, 0.2) is 61.1 Å². The van der Waals surface area contributed by atoms with E-state index >= 15 is 0 Å². The molecule has 0 atom stereocenters. The third-order valence-corrected chi connectivity index (χ3v) is 3.52. The lowest BCUT2D eigenvalue weighted by Crippen LogP contribution is -2.31. The number of hydrogen-bond acceptors (Lipinski definition) is 7. The Bertz CT molecular complexity index is 855. The van der Waals surface area contributed by atoms with Gasteiger partial charge in [0.25, 0.3) is 5.91 Å². The second-order valence-electron chi connectivity index (χ2n) is 5.15. The van der Waals surface area contributed by atoms with Gasteiger partial charge in [0.15, 0.2) is 11.6 Å². The molecule has 0 unspecified atom stereocenters. The van der Waals surface area contributed by atoms with Gasteiger partial charge >= 0.3 is 0 Å². The summed E-state index contributed by atoms with van der Waals surface area (Å²) in [5.74, 6) is 0.435. The number of rotatable bonds is 5. The number of benzene rings is 1. The van der Waals surface area contributed by atoms with E-state index in [-0.39, 0.29) is 5.69 Å². The SMILES string of the molecule is CN(c1ccccc1)c1ncnc(NNC(=O)c2ccccn2)c1N. The number of nitrogens with two attached hydrogens (primary N) is 1. The van der Waals surface area contributed by atoms with Crippen molar-refractivity contribution in [2.75, 3.05) is 23.1 Å². The van der Waals surface area contributed by atoms with Crippen LogP contribution in [0, 0.1) is 0 Å². The Morgan fingerprint density at radius 2 is 1.80 bits per heavy atom. The Hall–Kier alpha value is -3.68. The van der Waals surface area contributed by atoms with Gasteiger partial charge in [0.2, 0.25) is 0 Å². The number of anilines is 4. The molecule has 4 N–H and O–H groups in total. The topological polar surface area (TPSA) is 109 Å². The lowest BCUT2D eigenvalue weighted by Gasteiger charge is -2.21. The summed E-state index contributed by atoms with van der Waals surface area (Å²) in [5.41, 5.74) is 12.9. The quantitative estimate of drug-likeness (QED) is 0.612. The minimum absolute atomic E-state index is 0.282. The number of carbonyl (C=O) groups is 1. The molecule has 0 spiro atoms. The summed E-state index contributed by atoms with van der Waals surface area (Å²) in [6, 6.07) is 14.7. The smallest absolute Gasteiger partial charge is 0.288 e. The minimum atomic E-state index is -0.392. The number of amides is 1. The van der Waals surface area contributed by atoms with E-state index in [4.69, 9.17) is 5.73 Å². The number of para-hydroxylation sites is 1. The molecule has 0 saturated carbocycles. The number of nitrogens with one attached hydrogen (secondary N) is 2. The molecule has 8 nitrogen and oxygen atoms in total. The number of nitrogen functional groups attached to an aromatic ring is 1. The summed E-state index contributed by atoms with van der Waals surface area (Å²) in [6.07, 6.45) is 2.92. The van der Waals surface area contributed by atoms with E-state index in [2.05, 4.69) is 25.8 Å². The lowest BCUT2D eigenvalue weighted by atomic mass is 10.3. The number of hydrazine groups is 1. The van der Waals surface area contributed by atoms with Crippen molar-refractivity contribution in [3.05, 3.63) is 66.7 Å². The van der Waals surface area contributed by atoms with Gasteiger partial charge in [-0.25, -0.2) is 9.97 Å². The predicted octanol–water partition coefficient (Wildman–Crippen LogP) is 1.98. The van der Waals surface area contributed by atoms with Crippen LogP contribution in [0.4, 0.5) is 23.0 Å². The van der Waals surface area contributed by atoms with Crippen molar-refractivity contribution in [3.63, 3.8) is 0 Å². The Morgan fingerprint density at radius 3 is 2.52 bits per heavy atom. The molecule has 0 aliphatic carbocycles. The Labute approximate surface area is 144 Å². The molecule has 1 aromatic carbocycles. The van der Waals surface area contributed by atoms with E-state index < -0.39 is 5.91 Å². The average molecular weight is 335 g/mol. The van der Waals surface area contributed by atoms with Gasteiger partial charge in [-0.15, -0.1) is 0 Å². The van der Waals surface area contributed by atoms with Crippen LogP contribution in [0.2, 0.25) is 0 Å². The fourth-order valence-electron chi connectivity index (χ4n) is 2.20. The van der Waals surface area contributed by atoms with Crippen LogP contribution in [-0.4, -0.2) is 27.9 Å². The van der Waals surface area contributed by atoms with E-state index in [1.807, 2.05) is 42.3 Å². The predicted molar refractivity (Wildman–Crippen MR) is 96.3 cm³/mol. The minimum Gasteiger partial charge on any atom is -0.393 e. The largest absolute Gasteiger partial charge is 0.393 e. The number of nitrogens with zero attached hydrogens (tertiary/aromatic N) is 4. The van der Waals surface area contributed by atoms with Crippen LogP contribution in [0.3, 0.4) is 0 Å². The van der Waals surface area contributed by atoms with Gasteiger partial charge in [-0.3, -0.25) is 20.6 Å². The van der Waals surface area contributed by atoms with E-state index in [9.17, 15) is 4.79 Å². The molecular weight excluding hydrogens is 318 g/mol. The summed E-state index contributed by atoms with van der Waals surface area (Å²) < 4.78 is 0. The highest BCUT2D eigenvalue weighted by Crippen LogP contribution is 2.29. The molecular formula is C17H17N7O. The summed E-state index contributed by atoms with van der Waals surface area (Å²) >= 11 is 0. The van der Waals surface area contributed by atoms with Crippen LogP contribution in [0.5, 0.6) is 0 Å². The molecule has 126 valence electrons. The molecule has 2 aromatic heterocycles. The van der Waals surface area contributed by atoms with Gasteiger partial charge < -0.3 is 10.6 Å². The maximum Gasteiger partial charge on any atom is 0.288 e. The fourth-order valence-corrected chi connectivity index (χ4v) is 2.20. The Morgan fingerprint density at radius 1 is 1.04 bits per heavy atom. The first kappa shape index (κ1) is 16.2. The van der Waals surface area contributed by atoms with Crippen LogP contribution < -0.4 is 21.5 Å². The third kappa shape index (κ3) is 3.63. The van der Waals surface area contributed by atoms with Crippen molar-refractivity contribution in [1.29, 1.82) is 0 Å². The highest BCUT2D eigenvalue weighted by atomic mass is 16.2. The molecule has 0 bridgehead atoms. The van der Waals surface area contributed by atoms with Gasteiger partial charge in [-0.1, -0.05) is 24.3 Å². The van der Waals surface area contributed by atoms with Gasteiger partial charge in [0.05, 0.1) is 0 Å². The second kappa shape index (κ2) is 7.26. The first-order chi connectivity index (χ1) is 12.2. The normalized spacial score (nSPS) is 10.1. The molecule has 0 fully saturated rings. The van der Waals surface area contributed by atoms with Crippen molar-refractivity contribution in [2.45, 2.75) is 0 Å². The first-order valence-electron chi connectivity index (χ1n) is 7.53. The maximum atomic E-state index is 12.0. The van der Waals surface area contributed by atoms with E-state index in [1.54, 1.807) is 24.4 Å². The monoisotopic (exact) mass is 335 g/mol. The molecule has 0 saturated heterocycles.